The van der Waals surface area contributed by atoms with Crippen LogP contribution in [-0.4, -0.2) is 76.6 Å². The van der Waals surface area contributed by atoms with Crippen molar-refractivity contribution in [3.8, 4) is 0 Å². The fourth-order valence-electron chi connectivity index (χ4n) is 2.81. The van der Waals surface area contributed by atoms with Gasteiger partial charge in [0.15, 0.2) is 5.96 Å². The van der Waals surface area contributed by atoms with E-state index in [0.717, 1.165) is 84.2 Å². The third-order valence-corrected chi connectivity index (χ3v) is 4.87. The molecule has 0 aromatic carbocycles. The zero-order valence-corrected chi connectivity index (χ0v) is 17.6. The first-order chi connectivity index (χ1) is 12.6. The number of ether oxygens (including phenoxy) is 2. The summed E-state index contributed by atoms with van der Waals surface area (Å²) in [6.45, 7) is 13.8. The minimum Gasteiger partial charge on any atom is -0.381 e. The highest BCUT2D eigenvalue weighted by molar-refractivity contribution is 5.79. The van der Waals surface area contributed by atoms with Gasteiger partial charge in [0, 0.05) is 52.1 Å². The van der Waals surface area contributed by atoms with E-state index >= 15 is 0 Å². The molecule has 0 bridgehead atoms. The number of nitrogens with zero attached hydrogens (tertiary/aromatic N) is 2. The van der Waals surface area contributed by atoms with E-state index in [4.69, 9.17) is 9.47 Å². The Morgan fingerprint density at radius 2 is 1.96 bits per heavy atom. The zero-order valence-electron chi connectivity index (χ0n) is 17.6. The normalized spacial score (nSPS) is 16.5. The molecule has 1 aliphatic heterocycles. The number of aliphatic imine (C=N–C) groups is 1. The molecule has 1 heterocycles. The number of hydrogen-bond donors (Lipinski definition) is 2. The van der Waals surface area contributed by atoms with Crippen molar-refractivity contribution in [2.75, 3.05) is 59.7 Å². The molecule has 0 aliphatic carbocycles. The van der Waals surface area contributed by atoms with Crippen molar-refractivity contribution in [1.82, 2.24) is 15.5 Å². The van der Waals surface area contributed by atoms with Gasteiger partial charge in [0.2, 0.25) is 0 Å². The predicted octanol–water partition coefficient (Wildman–Crippen LogP) is 2.50. The van der Waals surface area contributed by atoms with Gasteiger partial charge in [0.1, 0.15) is 0 Å². The maximum absolute atomic E-state index is 5.80. The van der Waals surface area contributed by atoms with Gasteiger partial charge in [-0.05, 0) is 72.4 Å². The SMILES string of the molecule is CCNC(=NCCCOCC1CCOCC1)NCCCCN(C)C(C)C. The Balaban J connectivity index is 2.06. The number of unbranched alkanes of at least 4 members (excludes halogenated alkanes) is 1. The van der Waals surface area contributed by atoms with Crippen LogP contribution >= 0.6 is 0 Å². The Bertz CT molecular complexity index is 358. The van der Waals surface area contributed by atoms with Gasteiger partial charge < -0.3 is 25.0 Å². The average Bonchev–Trinajstić information content (AvgIpc) is 2.64. The third-order valence-electron chi connectivity index (χ3n) is 4.87. The summed E-state index contributed by atoms with van der Waals surface area (Å²) in [6.07, 6.45) is 5.62. The van der Waals surface area contributed by atoms with E-state index in [-0.39, 0.29) is 0 Å². The summed E-state index contributed by atoms with van der Waals surface area (Å²) in [5, 5.41) is 6.75. The summed E-state index contributed by atoms with van der Waals surface area (Å²) in [5.74, 6) is 1.61. The van der Waals surface area contributed by atoms with E-state index in [1.807, 2.05) is 0 Å². The molecular weight excluding hydrogens is 328 g/mol. The number of nitrogens with one attached hydrogen (secondary N) is 2. The highest BCUT2D eigenvalue weighted by Gasteiger charge is 2.13. The molecule has 0 spiro atoms. The highest BCUT2D eigenvalue weighted by atomic mass is 16.5. The number of rotatable bonds is 13. The Labute approximate surface area is 161 Å². The molecule has 6 heteroatoms. The van der Waals surface area contributed by atoms with Crippen molar-refractivity contribution in [3.63, 3.8) is 0 Å². The maximum atomic E-state index is 5.80. The van der Waals surface area contributed by atoms with Crippen molar-refractivity contribution >= 4 is 5.96 Å². The molecule has 0 saturated carbocycles. The van der Waals surface area contributed by atoms with Gasteiger partial charge >= 0.3 is 0 Å². The van der Waals surface area contributed by atoms with Crippen LogP contribution in [0.4, 0.5) is 0 Å². The van der Waals surface area contributed by atoms with Crippen molar-refractivity contribution < 1.29 is 9.47 Å². The summed E-state index contributed by atoms with van der Waals surface area (Å²) in [6, 6.07) is 0.621. The lowest BCUT2D eigenvalue weighted by atomic mass is 10.0. The zero-order chi connectivity index (χ0) is 19.0. The Morgan fingerprint density at radius 1 is 1.19 bits per heavy atom. The van der Waals surface area contributed by atoms with E-state index in [2.05, 4.69) is 48.3 Å². The molecule has 0 amide bonds. The molecule has 1 saturated heterocycles. The lowest BCUT2D eigenvalue weighted by molar-refractivity contribution is 0.0205. The quantitative estimate of drug-likeness (QED) is 0.296. The van der Waals surface area contributed by atoms with Gasteiger partial charge in [-0.1, -0.05) is 0 Å². The van der Waals surface area contributed by atoms with E-state index < -0.39 is 0 Å². The standard InChI is InChI=1S/C20H42N4O2/c1-5-21-20(22-11-6-7-13-24(4)18(2)3)23-12-8-14-26-17-19-9-15-25-16-10-19/h18-19H,5-17H2,1-4H3,(H2,21,22,23). The summed E-state index contributed by atoms with van der Waals surface area (Å²) in [7, 11) is 2.19. The number of hydrogen-bond acceptors (Lipinski definition) is 4. The van der Waals surface area contributed by atoms with Crippen molar-refractivity contribution in [3.05, 3.63) is 0 Å². The average molecular weight is 371 g/mol. The molecule has 26 heavy (non-hydrogen) atoms. The third kappa shape index (κ3) is 11.7. The van der Waals surface area contributed by atoms with Crippen LogP contribution in [0.1, 0.15) is 52.9 Å². The van der Waals surface area contributed by atoms with Gasteiger partial charge in [-0.2, -0.15) is 0 Å². The fourth-order valence-corrected chi connectivity index (χ4v) is 2.81. The van der Waals surface area contributed by atoms with E-state index in [1.54, 1.807) is 0 Å². The second-order valence-corrected chi connectivity index (χ2v) is 7.45. The second kappa shape index (κ2) is 15.2. The molecule has 2 N–H and O–H groups in total. The molecule has 1 rings (SSSR count). The molecule has 0 atom stereocenters. The Morgan fingerprint density at radius 3 is 2.65 bits per heavy atom. The van der Waals surface area contributed by atoms with Gasteiger partial charge in [-0.3, -0.25) is 4.99 Å². The second-order valence-electron chi connectivity index (χ2n) is 7.45. The minimum absolute atomic E-state index is 0.621. The molecule has 0 unspecified atom stereocenters. The molecule has 0 aromatic heterocycles. The van der Waals surface area contributed by atoms with Crippen LogP contribution in [0.15, 0.2) is 4.99 Å². The minimum atomic E-state index is 0.621. The van der Waals surface area contributed by atoms with Gasteiger partial charge in [0.05, 0.1) is 0 Å². The molecule has 0 aromatic rings. The van der Waals surface area contributed by atoms with E-state index in [9.17, 15) is 0 Å². The molecular formula is C20H42N4O2. The largest absolute Gasteiger partial charge is 0.381 e. The molecule has 6 nitrogen and oxygen atoms in total. The first-order valence-corrected chi connectivity index (χ1v) is 10.5. The topological polar surface area (TPSA) is 58.1 Å². The summed E-state index contributed by atoms with van der Waals surface area (Å²) in [4.78, 5) is 7.03. The lowest BCUT2D eigenvalue weighted by Gasteiger charge is -2.21. The summed E-state index contributed by atoms with van der Waals surface area (Å²) in [5.41, 5.74) is 0. The predicted molar refractivity (Wildman–Crippen MR) is 110 cm³/mol. The van der Waals surface area contributed by atoms with E-state index in [0.29, 0.717) is 12.0 Å². The monoisotopic (exact) mass is 370 g/mol. The van der Waals surface area contributed by atoms with Crippen LogP contribution in [0.25, 0.3) is 0 Å². The van der Waals surface area contributed by atoms with Crippen molar-refractivity contribution in [2.45, 2.75) is 58.9 Å². The molecule has 1 fully saturated rings. The van der Waals surface area contributed by atoms with Gasteiger partial charge in [-0.15, -0.1) is 0 Å². The Kier molecular flexibility index (Phi) is 13.6. The van der Waals surface area contributed by atoms with Crippen molar-refractivity contribution in [2.24, 2.45) is 10.9 Å². The fraction of sp³-hybridized carbons (Fsp3) is 0.950. The van der Waals surface area contributed by atoms with Crippen LogP contribution in [0, 0.1) is 5.92 Å². The molecule has 1 aliphatic rings. The summed E-state index contributed by atoms with van der Waals surface area (Å²) >= 11 is 0. The number of guanidine groups is 1. The van der Waals surface area contributed by atoms with Crippen LogP contribution in [0.2, 0.25) is 0 Å². The smallest absolute Gasteiger partial charge is 0.191 e. The summed E-state index contributed by atoms with van der Waals surface area (Å²) < 4.78 is 11.2. The lowest BCUT2D eigenvalue weighted by Crippen LogP contribution is -2.38. The maximum Gasteiger partial charge on any atom is 0.191 e. The van der Waals surface area contributed by atoms with Gasteiger partial charge in [0.25, 0.3) is 0 Å². The molecule has 0 radical (unpaired) electrons. The van der Waals surface area contributed by atoms with Crippen molar-refractivity contribution in [1.29, 1.82) is 0 Å². The van der Waals surface area contributed by atoms with Crippen LogP contribution in [0.5, 0.6) is 0 Å². The first-order valence-electron chi connectivity index (χ1n) is 10.5. The van der Waals surface area contributed by atoms with Gasteiger partial charge in [-0.25, -0.2) is 0 Å². The van der Waals surface area contributed by atoms with Crippen LogP contribution < -0.4 is 10.6 Å². The Hall–Kier alpha value is -0.850. The van der Waals surface area contributed by atoms with Crippen LogP contribution in [0.3, 0.4) is 0 Å². The highest BCUT2D eigenvalue weighted by Crippen LogP contribution is 2.14. The van der Waals surface area contributed by atoms with Crippen LogP contribution in [-0.2, 0) is 9.47 Å². The molecule has 154 valence electrons. The van der Waals surface area contributed by atoms with E-state index in [1.165, 1.54) is 6.42 Å². The first kappa shape index (κ1) is 23.2.